The van der Waals surface area contributed by atoms with Crippen molar-refractivity contribution < 1.29 is 27.9 Å². The number of nitrogens with one attached hydrogen (secondary N) is 2. The van der Waals surface area contributed by atoms with E-state index in [1.807, 2.05) is 24.3 Å². The Hall–Kier alpha value is -3.49. The van der Waals surface area contributed by atoms with Crippen LogP contribution in [0.25, 0.3) is 10.9 Å². The van der Waals surface area contributed by atoms with Crippen LogP contribution in [0.5, 0.6) is 0 Å². The summed E-state index contributed by atoms with van der Waals surface area (Å²) in [5.41, 5.74) is 1.26. The van der Waals surface area contributed by atoms with Crippen LogP contribution in [0, 0.1) is 0 Å². The minimum atomic E-state index is -4.43. The topological polar surface area (TPSA) is 85.4 Å². The highest BCUT2D eigenvalue weighted by atomic mass is 19.4. The summed E-state index contributed by atoms with van der Waals surface area (Å²) in [5.74, 6) is -1.98. The Morgan fingerprint density at radius 3 is 2.41 bits per heavy atom. The lowest BCUT2D eigenvalue weighted by Crippen LogP contribution is -2.51. The number of H-pyrrole nitrogens is 1. The molecular weight excluding hydrogens is 447 g/mol. The number of benzene rings is 2. The molecule has 0 saturated carbocycles. The second-order valence-corrected chi connectivity index (χ2v) is 8.69. The number of nitrogens with zero attached hydrogens (tertiary/aromatic N) is 1. The van der Waals surface area contributed by atoms with Crippen LogP contribution in [0.2, 0.25) is 0 Å². The zero-order valence-corrected chi connectivity index (χ0v) is 18.6. The van der Waals surface area contributed by atoms with E-state index in [0.717, 1.165) is 22.5 Å². The molecule has 4 rings (SSSR count). The van der Waals surface area contributed by atoms with Crippen molar-refractivity contribution in [3.8, 4) is 0 Å². The number of aliphatic carboxylic acids is 1. The maximum Gasteiger partial charge on any atom is 0.416 e. The van der Waals surface area contributed by atoms with E-state index in [1.165, 1.54) is 17.0 Å². The molecule has 0 bridgehead atoms. The van der Waals surface area contributed by atoms with Gasteiger partial charge in [0.2, 0.25) is 0 Å². The first-order valence-corrected chi connectivity index (χ1v) is 11.2. The summed E-state index contributed by atoms with van der Waals surface area (Å²) in [6.07, 6.45) is -1.94. The molecule has 1 fully saturated rings. The molecule has 0 unspecified atom stereocenters. The van der Waals surface area contributed by atoms with Crippen molar-refractivity contribution >= 4 is 22.9 Å². The van der Waals surface area contributed by atoms with Gasteiger partial charge in [0, 0.05) is 36.1 Å². The predicted molar refractivity (Wildman–Crippen MR) is 122 cm³/mol. The largest absolute Gasteiger partial charge is 0.480 e. The number of urea groups is 1. The highest BCUT2D eigenvalue weighted by Crippen LogP contribution is 2.38. The minimum absolute atomic E-state index is 0.242. The maximum atomic E-state index is 13.4. The van der Waals surface area contributed by atoms with Crippen LogP contribution in [0.15, 0.2) is 54.7 Å². The second-order valence-electron chi connectivity index (χ2n) is 8.69. The smallest absolute Gasteiger partial charge is 0.416 e. The van der Waals surface area contributed by atoms with Crippen LogP contribution in [0.3, 0.4) is 0 Å². The molecule has 0 aliphatic carbocycles. The van der Waals surface area contributed by atoms with Gasteiger partial charge in [-0.1, -0.05) is 43.3 Å². The molecule has 34 heavy (non-hydrogen) atoms. The number of aromatic nitrogens is 1. The van der Waals surface area contributed by atoms with Crippen LogP contribution in [0.4, 0.5) is 18.0 Å². The van der Waals surface area contributed by atoms with Crippen LogP contribution in [0.1, 0.15) is 48.3 Å². The van der Waals surface area contributed by atoms with Gasteiger partial charge in [-0.05, 0) is 42.0 Å². The lowest BCUT2D eigenvalue weighted by molar-refractivity contribution is -0.140. The lowest BCUT2D eigenvalue weighted by atomic mass is 9.86. The van der Waals surface area contributed by atoms with Gasteiger partial charge in [0.25, 0.3) is 0 Å². The molecule has 6 nitrogen and oxygen atoms in total. The average Bonchev–Trinajstić information content (AvgIpc) is 3.25. The highest BCUT2D eigenvalue weighted by Gasteiger charge is 2.37. The number of halogens is 3. The Bertz CT molecular complexity index is 1180. The van der Waals surface area contributed by atoms with Crippen molar-refractivity contribution in [3.63, 3.8) is 0 Å². The van der Waals surface area contributed by atoms with E-state index >= 15 is 0 Å². The van der Waals surface area contributed by atoms with Gasteiger partial charge in [0.05, 0.1) is 5.56 Å². The third kappa shape index (κ3) is 4.73. The van der Waals surface area contributed by atoms with Crippen LogP contribution >= 0.6 is 0 Å². The van der Waals surface area contributed by atoms with Gasteiger partial charge >= 0.3 is 18.2 Å². The van der Waals surface area contributed by atoms with Crippen molar-refractivity contribution in [3.05, 3.63) is 71.4 Å². The summed E-state index contributed by atoms with van der Waals surface area (Å²) in [7, 11) is 0. The summed E-state index contributed by atoms with van der Waals surface area (Å²) in [4.78, 5) is 29.5. The maximum absolute atomic E-state index is 13.4. The van der Waals surface area contributed by atoms with Crippen molar-refractivity contribution in [1.82, 2.24) is 15.2 Å². The van der Waals surface area contributed by atoms with Gasteiger partial charge in [0.15, 0.2) is 0 Å². The van der Waals surface area contributed by atoms with Gasteiger partial charge < -0.3 is 20.3 Å². The molecule has 2 heterocycles. The fourth-order valence-corrected chi connectivity index (χ4v) is 4.78. The van der Waals surface area contributed by atoms with Crippen molar-refractivity contribution in [2.75, 3.05) is 13.1 Å². The number of amides is 2. The molecule has 3 aromatic rings. The number of carboxylic acids is 1. The summed E-state index contributed by atoms with van der Waals surface area (Å²) in [6.45, 7) is 2.24. The van der Waals surface area contributed by atoms with Crippen molar-refractivity contribution in [2.45, 2.75) is 43.8 Å². The number of carboxylic acid groups (broad SMARTS) is 1. The summed E-state index contributed by atoms with van der Waals surface area (Å²) in [5, 5.41) is 13.3. The number of carbonyl (C=O) groups is 2. The van der Waals surface area contributed by atoms with E-state index in [4.69, 9.17) is 0 Å². The molecule has 0 radical (unpaired) electrons. The summed E-state index contributed by atoms with van der Waals surface area (Å²) < 4.78 is 40.2. The fraction of sp³-hybridized carbons (Fsp3) is 0.360. The van der Waals surface area contributed by atoms with Crippen molar-refractivity contribution in [2.24, 2.45) is 0 Å². The Kier molecular flexibility index (Phi) is 6.54. The number of rotatable bonds is 5. The first-order chi connectivity index (χ1) is 16.2. The Morgan fingerprint density at radius 1 is 1.09 bits per heavy atom. The summed E-state index contributed by atoms with van der Waals surface area (Å²) in [6, 6.07) is 11.4. The normalized spacial score (nSPS) is 16.9. The molecule has 2 atom stereocenters. The van der Waals surface area contributed by atoms with E-state index in [2.05, 4.69) is 10.3 Å². The van der Waals surface area contributed by atoms with Crippen LogP contribution in [-0.4, -0.2) is 46.1 Å². The van der Waals surface area contributed by atoms with Gasteiger partial charge in [-0.3, -0.25) is 0 Å². The van der Waals surface area contributed by atoms with Gasteiger partial charge in [0.1, 0.15) is 6.04 Å². The standard InChI is InChI=1S/C25H26F3N3O3/c1-15(19-14-29-21-9-5-3-7-18(19)21)22(23(32)33)30-24(34)31-12-10-16(11-13-31)17-6-2-4-8-20(17)25(26,27)28/h2-9,14-16,22,29H,10-13H2,1H3,(H,30,34)(H,32,33)/t15-,22+/m0/s1. The SMILES string of the molecule is C[C@@H](c1c[nH]c2ccccc12)[C@@H](NC(=O)N1CCC(c2ccccc2C(F)(F)F)CC1)C(=O)O. The monoisotopic (exact) mass is 473 g/mol. The van der Waals surface area contributed by atoms with Gasteiger partial charge in [-0.15, -0.1) is 0 Å². The Balaban J connectivity index is 1.43. The number of carbonyl (C=O) groups excluding carboxylic acids is 1. The molecule has 1 aliphatic heterocycles. The first-order valence-electron chi connectivity index (χ1n) is 11.2. The zero-order valence-electron chi connectivity index (χ0n) is 18.6. The average molecular weight is 473 g/mol. The molecule has 2 amide bonds. The zero-order chi connectivity index (χ0) is 24.5. The number of hydrogen-bond acceptors (Lipinski definition) is 2. The highest BCUT2D eigenvalue weighted by molar-refractivity contribution is 5.87. The molecule has 1 saturated heterocycles. The third-order valence-corrected chi connectivity index (χ3v) is 6.65. The molecule has 2 aromatic carbocycles. The van der Waals surface area contributed by atoms with E-state index in [-0.39, 0.29) is 24.6 Å². The second kappa shape index (κ2) is 9.40. The van der Waals surface area contributed by atoms with Gasteiger partial charge in [-0.25, -0.2) is 9.59 Å². The Labute approximate surface area is 194 Å². The van der Waals surface area contributed by atoms with Crippen molar-refractivity contribution in [1.29, 1.82) is 0 Å². The predicted octanol–water partition coefficient (Wildman–Crippen LogP) is 5.33. The Morgan fingerprint density at radius 2 is 1.74 bits per heavy atom. The number of hydrogen-bond donors (Lipinski definition) is 3. The van der Waals surface area contributed by atoms with E-state index in [9.17, 15) is 27.9 Å². The van der Waals surface area contributed by atoms with E-state index in [1.54, 1.807) is 19.2 Å². The first kappa shape index (κ1) is 23.7. The number of aromatic amines is 1. The van der Waals surface area contributed by atoms with E-state index < -0.39 is 35.7 Å². The quantitative estimate of drug-likeness (QED) is 0.468. The molecule has 1 aromatic heterocycles. The minimum Gasteiger partial charge on any atom is -0.480 e. The molecule has 3 N–H and O–H groups in total. The third-order valence-electron chi connectivity index (χ3n) is 6.65. The van der Waals surface area contributed by atoms with Gasteiger partial charge in [-0.2, -0.15) is 13.2 Å². The molecule has 9 heteroatoms. The van der Waals surface area contributed by atoms with Crippen LogP contribution < -0.4 is 5.32 Å². The molecule has 0 spiro atoms. The number of fused-ring (bicyclic) bond motifs is 1. The number of para-hydroxylation sites is 1. The number of piperidine rings is 1. The van der Waals surface area contributed by atoms with Crippen LogP contribution in [-0.2, 0) is 11.0 Å². The lowest BCUT2D eigenvalue weighted by Gasteiger charge is -2.34. The summed E-state index contributed by atoms with van der Waals surface area (Å²) >= 11 is 0. The molecule has 180 valence electrons. The number of likely N-dealkylation sites (tertiary alicyclic amines) is 1. The number of alkyl halides is 3. The molecular formula is C25H26F3N3O3. The van der Waals surface area contributed by atoms with E-state index in [0.29, 0.717) is 12.8 Å². The molecule has 1 aliphatic rings. The fourth-order valence-electron chi connectivity index (χ4n) is 4.78.